The lowest BCUT2D eigenvalue weighted by molar-refractivity contribution is -0.146. The zero-order valence-electron chi connectivity index (χ0n) is 8.48. The van der Waals surface area contributed by atoms with Crippen molar-refractivity contribution in [2.75, 3.05) is 6.54 Å². The van der Waals surface area contributed by atoms with Gasteiger partial charge in [-0.2, -0.15) is 0 Å². The number of hydrogen-bond donors (Lipinski definition) is 3. The molecule has 0 heterocycles. The number of benzene rings is 1. The van der Waals surface area contributed by atoms with E-state index in [9.17, 15) is 9.59 Å². The highest BCUT2D eigenvalue weighted by molar-refractivity contribution is 9.11. The first-order chi connectivity index (χ1) is 7.91. The SMILES string of the molecule is O=C(NC[C@H](O)C(=O)O)c1cc(Br)ccc1Br. The van der Waals surface area contributed by atoms with Crippen LogP contribution in [0.1, 0.15) is 10.4 Å². The van der Waals surface area contributed by atoms with Gasteiger partial charge in [0.05, 0.1) is 12.1 Å². The number of carbonyl (C=O) groups excluding carboxylic acids is 1. The fourth-order valence-electron chi connectivity index (χ4n) is 1.04. The average molecular weight is 367 g/mol. The number of carboxylic acid groups (broad SMARTS) is 1. The maximum Gasteiger partial charge on any atom is 0.334 e. The molecule has 0 aliphatic rings. The van der Waals surface area contributed by atoms with Crippen molar-refractivity contribution in [2.24, 2.45) is 0 Å². The van der Waals surface area contributed by atoms with E-state index in [1.807, 2.05) is 0 Å². The standard InChI is InChI=1S/C10H9Br2NO4/c11-5-1-2-7(12)6(3-5)9(15)13-4-8(14)10(16)17/h1-3,8,14H,4H2,(H,13,15)(H,16,17)/t8-/m0/s1. The van der Waals surface area contributed by atoms with Crippen molar-refractivity contribution in [3.63, 3.8) is 0 Å². The molecule has 1 aromatic rings. The van der Waals surface area contributed by atoms with Crippen LogP contribution in [0.3, 0.4) is 0 Å². The minimum atomic E-state index is -1.61. The number of aliphatic hydroxyl groups is 1. The lowest BCUT2D eigenvalue weighted by Crippen LogP contribution is -2.36. The fourth-order valence-corrected chi connectivity index (χ4v) is 1.83. The average Bonchev–Trinajstić information content (AvgIpc) is 2.28. The third kappa shape index (κ3) is 4.10. The summed E-state index contributed by atoms with van der Waals surface area (Å²) in [7, 11) is 0. The Morgan fingerprint density at radius 1 is 1.35 bits per heavy atom. The molecular formula is C10H9Br2NO4. The lowest BCUT2D eigenvalue weighted by atomic mass is 10.2. The predicted octanol–water partition coefficient (Wildman–Crippen LogP) is 1.39. The van der Waals surface area contributed by atoms with E-state index in [4.69, 9.17) is 10.2 Å². The lowest BCUT2D eigenvalue weighted by Gasteiger charge is -2.09. The van der Waals surface area contributed by atoms with E-state index in [1.54, 1.807) is 18.2 Å². The zero-order chi connectivity index (χ0) is 13.0. The Kier molecular flexibility index (Phi) is 5.10. The van der Waals surface area contributed by atoms with Gasteiger partial charge in [0.15, 0.2) is 6.10 Å². The largest absolute Gasteiger partial charge is 0.479 e. The van der Waals surface area contributed by atoms with E-state index in [2.05, 4.69) is 37.2 Å². The van der Waals surface area contributed by atoms with Crippen molar-refractivity contribution in [3.8, 4) is 0 Å². The highest BCUT2D eigenvalue weighted by Gasteiger charge is 2.16. The van der Waals surface area contributed by atoms with Crippen molar-refractivity contribution in [3.05, 3.63) is 32.7 Å². The smallest absolute Gasteiger partial charge is 0.334 e. The van der Waals surface area contributed by atoms with E-state index < -0.39 is 18.0 Å². The molecule has 0 aliphatic heterocycles. The zero-order valence-corrected chi connectivity index (χ0v) is 11.7. The summed E-state index contributed by atoms with van der Waals surface area (Å²) in [5.74, 6) is -1.84. The molecule has 0 saturated heterocycles. The topological polar surface area (TPSA) is 86.6 Å². The summed E-state index contributed by atoms with van der Waals surface area (Å²) in [6, 6.07) is 5.03. The van der Waals surface area contributed by atoms with Crippen LogP contribution in [0.25, 0.3) is 0 Å². The van der Waals surface area contributed by atoms with Crippen LogP contribution >= 0.6 is 31.9 Å². The van der Waals surface area contributed by atoms with Gasteiger partial charge < -0.3 is 15.5 Å². The van der Waals surface area contributed by atoms with E-state index >= 15 is 0 Å². The Morgan fingerprint density at radius 2 is 2.00 bits per heavy atom. The molecule has 0 aromatic heterocycles. The van der Waals surface area contributed by atoms with Gasteiger partial charge in [-0.25, -0.2) is 4.79 Å². The van der Waals surface area contributed by atoms with Gasteiger partial charge >= 0.3 is 5.97 Å². The van der Waals surface area contributed by atoms with Crippen LogP contribution in [-0.4, -0.2) is 34.7 Å². The van der Waals surface area contributed by atoms with Crippen LogP contribution in [0.5, 0.6) is 0 Å². The highest BCUT2D eigenvalue weighted by atomic mass is 79.9. The number of carbonyl (C=O) groups is 2. The predicted molar refractivity (Wildman–Crippen MR) is 67.8 cm³/mol. The number of halogens is 2. The summed E-state index contributed by atoms with van der Waals surface area (Å²) < 4.78 is 1.31. The van der Waals surface area contributed by atoms with Gasteiger partial charge in [-0.1, -0.05) is 15.9 Å². The number of amides is 1. The Hall–Kier alpha value is -0.920. The Morgan fingerprint density at radius 3 is 2.59 bits per heavy atom. The number of nitrogens with one attached hydrogen (secondary N) is 1. The maximum atomic E-state index is 11.7. The number of rotatable bonds is 4. The summed E-state index contributed by atoms with van der Waals surface area (Å²) in [5, 5.41) is 19.8. The van der Waals surface area contributed by atoms with Crippen molar-refractivity contribution in [1.29, 1.82) is 0 Å². The maximum absolute atomic E-state index is 11.7. The first kappa shape index (κ1) is 14.1. The number of aliphatic hydroxyl groups excluding tert-OH is 1. The summed E-state index contributed by atoms with van der Waals surface area (Å²) in [4.78, 5) is 22.0. The second kappa shape index (κ2) is 6.13. The fraction of sp³-hybridized carbons (Fsp3) is 0.200. The third-order valence-corrected chi connectivity index (χ3v) is 3.10. The molecule has 1 aromatic carbocycles. The summed E-state index contributed by atoms with van der Waals surface area (Å²) >= 11 is 6.43. The first-order valence-electron chi connectivity index (χ1n) is 4.56. The van der Waals surface area contributed by atoms with E-state index in [-0.39, 0.29) is 6.54 Å². The first-order valence-corrected chi connectivity index (χ1v) is 6.14. The van der Waals surface area contributed by atoms with Crippen LogP contribution in [0.4, 0.5) is 0 Å². The van der Waals surface area contributed by atoms with Gasteiger partial charge in [0.1, 0.15) is 0 Å². The molecule has 0 aliphatic carbocycles. The minimum absolute atomic E-state index is 0.340. The quantitative estimate of drug-likeness (QED) is 0.751. The molecule has 92 valence electrons. The number of hydrogen-bond acceptors (Lipinski definition) is 3. The molecule has 17 heavy (non-hydrogen) atoms. The molecule has 1 rings (SSSR count). The molecule has 0 spiro atoms. The van der Waals surface area contributed by atoms with Crippen molar-refractivity contribution >= 4 is 43.7 Å². The number of carboxylic acids is 1. The molecule has 1 amide bonds. The Balaban J connectivity index is 2.70. The van der Waals surface area contributed by atoms with Gasteiger partial charge in [0.25, 0.3) is 5.91 Å². The molecule has 5 nitrogen and oxygen atoms in total. The van der Waals surface area contributed by atoms with Crippen LogP contribution in [0, 0.1) is 0 Å². The summed E-state index contributed by atoms with van der Waals surface area (Å²) in [6.45, 7) is -0.340. The van der Waals surface area contributed by atoms with Crippen LogP contribution in [0.2, 0.25) is 0 Å². The summed E-state index contributed by atoms with van der Waals surface area (Å²) in [5.41, 5.74) is 0.358. The van der Waals surface area contributed by atoms with E-state index in [0.717, 1.165) is 4.47 Å². The molecular weight excluding hydrogens is 358 g/mol. The van der Waals surface area contributed by atoms with Crippen LogP contribution in [0.15, 0.2) is 27.1 Å². The molecule has 0 fully saturated rings. The second-order valence-electron chi connectivity index (χ2n) is 3.19. The normalized spacial score (nSPS) is 11.9. The minimum Gasteiger partial charge on any atom is -0.479 e. The Labute approximate surface area is 114 Å². The van der Waals surface area contributed by atoms with E-state index in [1.165, 1.54) is 0 Å². The van der Waals surface area contributed by atoms with Crippen LogP contribution in [-0.2, 0) is 4.79 Å². The van der Waals surface area contributed by atoms with E-state index in [0.29, 0.717) is 10.0 Å². The molecule has 7 heteroatoms. The monoisotopic (exact) mass is 365 g/mol. The summed E-state index contributed by atoms with van der Waals surface area (Å²) in [6.07, 6.45) is -1.61. The van der Waals surface area contributed by atoms with Gasteiger partial charge in [0, 0.05) is 8.95 Å². The van der Waals surface area contributed by atoms with Gasteiger partial charge in [-0.05, 0) is 34.1 Å². The molecule has 1 atom stereocenters. The molecule has 0 radical (unpaired) electrons. The third-order valence-electron chi connectivity index (χ3n) is 1.91. The second-order valence-corrected chi connectivity index (χ2v) is 4.96. The Bertz CT molecular complexity index is 450. The van der Waals surface area contributed by atoms with Crippen molar-refractivity contribution in [1.82, 2.24) is 5.32 Å². The number of aliphatic carboxylic acids is 1. The molecule has 0 bridgehead atoms. The molecule has 0 saturated carbocycles. The van der Waals surface area contributed by atoms with Crippen LogP contribution < -0.4 is 5.32 Å². The highest BCUT2D eigenvalue weighted by Crippen LogP contribution is 2.21. The van der Waals surface area contributed by atoms with Gasteiger partial charge in [-0.3, -0.25) is 4.79 Å². The van der Waals surface area contributed by atoms with Crippen molar-refractivity contribution < 1.29 is 19.8 Å². The van der Waals surface area contributed by atoms with Crippen molar-refractivity contribution in [2.45, 2.75) is 6.10 Å². The van der Waals surface area contributed by atoms with Gasteiger partial charge in [0.2, 0.25) is 0 Å². The molecule has 0 unspecified atom stereocenters. The van der Waals surface area contributed by atoms with Gasteiger partial charge in [-0.15, -0.1) is 0 Å². The molecule has 3 N–H and O–H groups in total.